The maximum Gasteiger partial charge on any atom is 0.197 e. The molecule has 4 N–H and O–H groups in total. The summed E-state index contributed by atoms with van der Waals surface area (Å²) in [5.41, 5.74) is 0. The second-order valence-electron chi connectivity index (χ2n) is 3.18. The largest absolute Gasteiger partial charge is 0.467 e. The topological polar surface area (TPSA) is 88.1 Å². The second kappa shape index (κ2) is 6.73. The molecule has 0 spiro atoms. The van der Waals surface area contributed by atoms with E-state index >= 15 is 0 Å². The molecule has 0 fully saturated rings. The van der Waals surface area contributed by atoms with E-state index < -0.39 is 0 Å². The lowest BCUT2D eigenvalue weighted by Gasteiger charge is -2.16. The van der Waals surface area contributed by atoms with E-state index in [0.29, 0.717) is 6.54 Å². The van der Waals surface area contributed by atoms with Crippen molar-refractivity contribution in [1.29, 1.82) is 10.8 Å². The van der Waals surface area contributed by atoms with Crippen molar-refractivity contribution in [2.75, 3.05) is 14.1 Å². The Balaban J connectivity index is 0.00000225. The van der Waals surface area contributed by atoms with Gasteiger partial charge in [0.25, 0.3) is 0 Å². The molecule has 16 heavy (non-hydrogen) atoms. The van der Waals surface area contributed by atoms with E-state index in [-0.39, 0.29) is 24.3 Å². The molecule has 90 valence electrons. The van der Waals surface area contributed by atoms with E-state index in [1.165, 1.54) is 0 Å². The van der Waals surface area contributed by atoms with Gasteiger partial charge in [0, 0.05) is 14.1 Å². The van der Waals surface area contributed by atoms with Crippen LogP contribution >= 0.6 is 12.4 Å². The Labute approximate surface area is 100 Å². The van der Waals surface area contributed by atoms with Crippen molar-refractivity contribution in [2.45, 2.75) is 6.54 Å². The average Bonchev–Trinajstić information content (AvgIpc) is 2.66. The van der Waals surface area contributed by atoms with Crippen molar-refractivity contribution in [3.8, 4) is 0 Å². The van der Waals surface area contributed by atoms with Crippen LogP contribution in [0.2, 0.25) is 0 Å². The summed E-state index contributed by atoms with van der Waals surface area (Å²) in [5.74, 6) is 0.981. The van der Waals surface area contributed by atoms with Gasteiger partial charge in [-0.3, -0.25) is 16.1 Å². The molecule has 7 heteroatoms. The van der Waals surface area contributed by atoms with E-state index in [1.54, 1.807) is 31.3 Å². The first-order chi connectivity index (χ1) is 7.09. The molecule has 0 aliphatic rings. The summed E-state index contributed by atoms with van der Waals surface area (Å²) in [4.78, 5) is 1.57. The molecule has 1 heterocycles. The Bertz CT molecular complexity index is 336. The van der Waals surface area contributed by atoms with Crippen LogP contribution in [0.25, 0.3) is 0 Å². The zero-order valence-corrected chi connectivity index (χ0v) is 10.0. The van der Waals surface area contributed by atoms with Crippen LogP contribution in [0, 0.1) is 10.8 Å². The van der Waals surface area contributed by atoms with E-state index in [0.717, 1.165) is 5.76 Å². The van der Waals surface area contributed by atoms with Gasteiger partial charge >= 0.3 is 0 Å². The minimum Gasteiger partial charge on any atom is -0.467 e. The number of nitrogens with one attached hydrogen (secondary N) is 4. The minimum absolute atomic E-state index is 0. The summed E-state index contributed by atoms with van der Waals surface area (Å²) in [5, 5.41) is 20.3. The van der Waals surface area contributed by atoms with E-state index in [1.807, 2.05) is 6.07 Å². The highest BCUT2D eigenvalue weighted by molar-refractivity contribution is 5.95. The highest BCUT2D eigenvalue weighted by Crippen LogP contribution is 1.97. The van der Waals surface area contributed by atoms with Crippen LogP contribution in [0.5, 0.6) is 0 Å². The lowest BCUT2D eigenvalue weighted by molar-refractivity contribution is 0.501. The number of guanidine groups is 2. The molecule has 0 saturated heterocycles. The van der Waals surface area contributed by atoms with Gasteiger partial charge in [-0.2, -0.15) is 0 Å². The molecule has 0 amide bonds. The normalized spacial score (nSPS) is 8.88. The molecule has 1 aromatic rings. The summed E-state index contributed by atoms with van der Waals surface area (Å²) in [6.45, 7) is 0.430. The summed E-state index contributed by atoms with van der Waals surface area (Å²) in [6.07, 6.45) is 1.58. The zero-order chi connectivity index (χ0) is 11.3. The Morgan fingerprint density at radius 2 is 2.12 bits per heavy atom. The number of furan rings is 1. The van der Waals surface area contributed by atoms with Crippen molar-refractivity contribution < 1.29 is 4.42 Å². The third-order valence-electron chi connectivity index (χ3n) is 1.71. The van der Waals surface area contributed by atoms with E-state index in [2.05, 4.69) is 10.6 Å². The van der Waals surface area contributed by atoms with Gasteiger partial charge in [-0.05, 0) is 12.1 Å². The monoisotopic (exact) mass is 245 g/mol. The number of rotatable bonds is 2. The molecular weight excluding hydrogens is 230 g/mol. The molecule has 6 nitrogen and oxygen atoms in total. The predicted octanol–water partition coefficient (Wildman–Crippen LogP) is 0.812. The quantitative estimate of drug-likeness (QED) is 0.459. The van der Waals surface area contributed by atoms with Crippen molar-refractivity contribution in [2.24, 2.45) is 0 Å². The molecule has 0 radical (unpaired) electrons. The molecule has 0 atom stereocenters. The number of nitrogens with zero attached hydrogens (tertiary/aromatic N) is 1. The van der Waals surface area contributed by atoms with Crippen LogP contribution in [0.4, 0.5) is 0 Å². The van der Waals surface area contributed by atoms with Crippen LogP contribution in [0.1, 0.15) is 5.76 Å². The van der Waals surface area contributed by atoms with Crippen LogP contribution < -0.4 is 10.6 Å². The average molecular weight is 246 g/mol. The maximum atomic E-state index is 7.48. The fraction of sp³-hybridized carbons (Fsp3) is 0.333. The summed E-state index contributed by atoms with van der Waals surface area (Å²) < 4.78 is 5.09. The van der Waals surface area contributed by atoms with Crippen molar-refractivity contribution >= 4 is 24.3 Å². The number of halogens is 1. The number of hydrogen-bond donors (Lipinski definition) is 4. The third-order valence-corrected chi connectivity index (χ3v) is 1.71. The van der Waals surface area contributed by atoms with Crippen molar-refractivity contribution in [1.82, 2.24) is 15.5 Å². The standard InChI is InChI=1S/C9H15N5O.ClH/c1-14(2)9(11)13-8(10)12-6-7-4-3-5-15-7;/h3-5H,6H2,1-2H3,(H4,10,11,12,13);1H. The zero-order valence-electron chi connectivity index (χ0n) is 9.20. The molecule has 1 aromatic heterocycles. The fourth-order valence-electron chi connectivity index (χ4n) is 0.863. The molecule has 0 saturated carbocycles. The predicted molar refractivity (Wildman–Crippen MR) is 65.1 cm³/mol. The minimum atomic E-state index is 0. The summed E-state index contributed by atoms with van der Waals surface area (Å²) >= 11 is 0. The lowest BCUT2D eigenvalue weighted by atomic mass is 10.4. The van der Waals surface area contributed by atoms with Gasteiger partial charge in [0.1, 0.15) is 5.76 Å². The van der Waals surface area contributed by atoms with Gasteiger partial charge < -0.3 is 14.6 Å². The van der Waals surface area contributed by atoms with Crippen LogP contribution in [-0.2, 0) is 6.54 Å². The number of hydrogen-bond acceptors (Lipinski definition) is 3. The first-order valence-electron chi connectivity index (χ1n) is 4.47. The van der Waals surface area contributed by atoms with Gasteiger partial charge in [0.2, 0.25) is 0 Å². The first-order valence-corrected chi connectivity index (χ1v) is 4.47. The Morgan fingerprint density at radius 1 is 1.44 bits per heavy atom. The smallest absolute Gasteiger partial charge is 0.197 e. The van der Waals surface area contributed by atoms with E-state index in [4.69, 9.17) is 15.2 Å². The highest BCUT2D eigenvalue weighted by Gasteiger charge is 2.02. The van der Waals surface area contributed by atoms with Crippen LogP contribution in [0.15, 0.2) is 22.8 Å². The third kappa shape index (κ3) is 4.70. The van der Waals surface area contributed by atoms with Gasteiger partial charge in [-0.15, -0.1) is 12.4 Å². The molecule has 0 aliphatic carbocycles. The maximum absolute atomic E-state index is 7.48. The summed E-state index contributed by atoms with van der Waals surface area (Å²) in [7, 11) is 3.46. The van der Waals surface area contributed by atoms with Gasteiger partial charge in [0.05, 0.1) is 12.8 Å². The van der Waals surface area contributed by atoms with Crippen molar-refractivity contribution in [3.05, 3.63) is 24.2 Å². The van der Waals surface area contributed by atoms with Crippen LogP contribution in [-0.4, -0.2) is 30.9 Å². The van der Waals surface area contributed by atoms with Crippen LogP contribution in [0.3, 0.4) is 0 Å². The molecule has 0 unspecified atom stereocenters. The van der Waals surface area contributed by atoms with Gasteiger partial charge in [-0.1, -0.05) is 0 Å². The lowest BCUT2D eigenvalue weighted by Crippen LogP contribution is -2.44. The Morgan fingerprint density at radius 3 is 2.62 bits per heavy atom. The highest BCUT2D eigenvalue weighted by atomic mass is 35.5. The van der Waals surface area contributed by atoms with Gasteiger partial charge in [-0.25, -0.2) is 0 Å². The van der Waals surface area contributed by atoms with E-state index in [9.17, 15) is 0 Å². The Kier molecular flexibility index (Phi) is 6.02. The molecule has 1 rings (SSSR count). The van der Waals surface area contributed by atoms with Crippen molar-refractivity contribution in [3.63, 3.8) is 0 Å². The van der Waals surface area contributed by atoms with Gasteiger partial charge in [0.15, 0.2) is 11.9 Å². The first kappa shape index (κ1) is 14.3. The Hall–Kier alpha value is -1.69. The fourth-order valence-corrected chi connectivity index (χ4v) is 0.863. The molecule has 0 bridgehead atoms. The SMILES string of the molecule is CN(C)C(=N)NC(=N)NCc1ccco1.Cl. The molecule has 0 aromatic carbocycles. The summed E-state index contributed by atoms with van der Waals surface area (Å²) in [6, 6.07) is 3.60. The molecular formula is C9H16ClN5O. The molecule has 0 aliphatic heterocycles. The second-order valence-corrected chi connectivity index (χ2v) is 3.18.